The molecule has 17 heavy (non-hydrogen) atoms. The van der Waals surface area contributed by atoms with Gasteiger partial charge in [-0.05, 0) is 46.6 Å². The summed E-state index contributed by atoms with van der Waals surface area (Å²) in [4.78, 5) is 1.26. The third-order valence-corrected chi connectivity index (χ3v) is 4.25. The fourth-order valence-electron chi connectivity index (χ4n) is 1.59. The van der Waals surface area contributed by atoms with Gasteiger partial charge >= 0.3 is 0 Å². The Hall–Kier alpha value is -0.710. The van der Waals surface area contributed by atoms with Gasteiger partial charge in [0.1, 0.15) is 5.82 Å². The number of thiophene rings is 1. The first-order valence-corrected chi connectivity index (χ1v) is 7.04. The molecule has 0 bridgehead atoms. The Kier molecular flexibility index (Phi) is 4.31. The average Bonchev–Trinajstić information content (AvgIpc) is 2.72. The summed E-state index contributed by atoms with van der Waals surface area (Å²) in [6, 6.07) is 8.95. The molecule has 1 nitrogen and oxygen atoms in total. The summed E-state index contributed by atoms with van der Waals surface area (Å²) in [5.74, 6) is -0.185. The van der Waals surface area contributed by atoms with Crippen LogP contribution >= 0.6 is 27.3 Å². The lowest BCUT2D eigenvalue weighted by atomic mass is 10.1. The van der Waals surface area contributed by atoms with E-state index in [2.05, 4.69) is 32.7 Å². The third-order valence-electron chi connectivity index (χ3n) is 2.55. The van der Waals surface area contributed by atoms with Gasteiger partial charge in [-0.1, -0.05) is 12.1 Å². The summed E-state index contributed by atoms with van der Waals surface area (Å²) in [7, 11) is 0. The maximum Gasteiger partial charge on any atom is 0.123 e. The molecule has 0 amide bonds. The second kappa shape index (κ2) is 5.76. The van der Waals surface area contributed by atoms with Crippen LogP contribution in [0.15, 0.2) is 40.2 Å². The summed E-state index contributed by atoms with van der Waals surface area (Å²) in [6.07, 6.45) is 0. The van der Waals surface area contributed by atoms with Gasteiger partial charge in [0.15, 0.2) is 0 Å². The Morgan fingerprint density at radius 3 is 2.88 bits per heavy atom. The van der Waals surface area contributed by atoms with E-state index < -0.39 is 0 Å². The second-order valence-corrected chi connectivity index (χ2v) is 5.80. The van der Waals surface area contributed by atoms with E-state index in [-0.39, 0.29) is 11.9 Å². The van der Waals surface area contributed by atoms with Crippen molar-refractivity contribution in [1.82, 2.24) is 5.32 Å². The largest absolute Gasteiger partial charge is 0.305 e. The number of rotatable bonds is 4. The standard InChI is InChI=1S/C13H13BrFNS/c1-9(10-3-2-4-12(15)5-10)16-7-13-6-11(14)8-17-13/h2-6,8-9,16H,7H2,1H3/t9-/m0/s1. The first-order valence-electron chi connectivity index (χ1n) is 5.37. The van der Waals surface area contributed by atoms with Crippen molar-refractivity contribution in [3.63, 3.8) is 0 Å². The van der Waals surface area contributed by atoms with Gasteiger partial charge in [0, 0.05) is 27.3 Å². The average molecular weight is 314 g/mol. The summed E-state index contributed by atoms with van der Waals surface area (Å²) < 4.78 is 14.2. The van der Waals surface area contributed by atoms with E-state index in [0.717, 1.165) is 16.6 Å². The van der Waals surface area contributed by atoms with Crippen LogP contribution in [0.25, 0.3) is 0 Å². The highest BCUT2D eigenvalue weighted by Crippen LogP contribution is 2.21. The topological polar surface area (TPSA) is 12.0 Å². The Bertz CT molecular complexity index is 498. The van der Waals surface area contributed by atoms with E-state index in [0.29, 0.717) is 0 Å². The molecule has 2 aromatic rings. The van der Waals surface area contributed by atoms with Crippen molar-refractivity contribution in [2.75, 3.05) is 0 Å². The summed E-state index contributed by atoms with van der Waals surface area (Å²) in [5, 5.41) is 5.44. The highest BCUT2D eigenvalue weighted by molar-refractivity contribution is 9.10. The molecule has 0 aliphatic heterocycles. The van der Waals surface area contributed by atoms with Crippen LogP contribution in [0.2, 0.25) is 0 Å². The van der Waals surface area contributed by atoms with E-state index in [1.54, 1.807) is 23.5 Å². The van der Waals surface area contributed by atoms with Gasteiger partial charge in [0.25, 0.3) is 0 Å². The molecule has 1 aromatic heterocycles. The van der Waals surface area contributed by atoms with Crippen LogP contribution in [0.3, 0.4) is 0 Å². The molecule has 0 unspecified atom stereocenters. The molecule has 0 saturated heterocycles. The van der Waals surface area contributed by atoms with E-state index in [1.807, 2.05) is 13.0 Å². The van der Waals surface area contributed by atoms with Crippen molar-refractivity contribution in [3.8, 4) is 0 Å². The fraction of sp³-hybridized carbons (Fsp3) is 0.231. The minimum atomic E-state index is -0.185. The zero-order chi connectivity index (χ0) is 12.3. The molecule has 90 valence electrons. The molecule has 0 aliphatic carbocycles. The predicted molar refractivity (Wildman–Crippen MR) is 73.7 cm³/mol. The molecule has 1 N–H and O–H groups in total. The SMILES string of the molecule is C[C@H](NCc1cc(Br)cs1)c1cccc(F)c1. The minimum absolute atomic E-state index is 0.145. The van der Waals surface area contributed by atoms with Gasteiger partial charge in [-0.25, -0.2) is 4.39 Å². The molecular formula is C13H13BrFNS. The van der Waals surface area contributed by atoms with E-state index in [1.165, 1.54) is 10.9 Å². The van der Waals surface area contributed by atoms with Crippen LogP contribution in [-0.2, 0) is 6.54 Å². The number of nitrogens with one attached hydrogen (secondary N) is 1. The van der Waals surface area contributed by atoms with Gasteiger partial charge in [-0.15, -0.1) is 11.3 Å². The van der Waals surface area contributed by atoms with Crippen molar-refractivity contribution in [2.45, 2.75) is 19.5 Å². The predicted octanol–water partition coefficient (Wildman–Crippen LogP) is 4.50. The van der Waals surface area contributed by atoms with Crippen molar-refractivity contribution in [3.05, 3.63) is 56.4 Å². The molecule has 0 radical (unpaired) electrons. The quantitative estimate of drug-likeness (QED) is 0.876. The van der Waals surface area contributed by atoms with Crippen molar-refractivity contribution >= 4 is 27.3 Å². The molecule has 1 aromatic carbocycles. The lowest BCUT2D eigenvalue weighted by Gasteiger charge is -2.13. The molecule has 4 heteroatoms. The molecule has 1 atom stereocenters. The fourth-order valence-corrected chi connectivity index (χ4v) is 3.00. The van der Waals surface area contributed by atoms with Crippen LogP contribution in [0, 0.1) is 5.82 Å². The van der Waals surface area contributed by atoms with E-state index >= 15 is 0 Å². The molecular weight excluding hydrogens is 301 g/mol. The highest BCUT2D eigenvalue weighted by Gasteiger charge is 2.06. The summed E-state index contributed by atoms with van der Waals surface area (Å²) in [5.41, 5.74) is 0.973. The molecule has 0 spiro atoms. The lowest BCUT2D eigenvalue weighted by Crippen LogP contribution is -2.17. The minimum Gasteiger partial charge on any atom is -0.305 e. The lowest BCUT2D eigenvalue weighted by molar-refractivity contribution is 0.568. The molecule has 0 fully saturated rings. The second-order valence-electron chi connectivity index (χ2n) is 3.89. The van der Waals surface area contributed by atoms with Crippen LogP contribution in [0.4, 0.5) is 4.39 Å². The summed E-state index contributed by atoms with van der Waals surface area (Å²) >= 11 is 5.13. The number of hydrogen-bond acceptors (Lipinski definition) is 2. The van der Waals surface area contributed by atoms with E-state index in [9.17, 15) is 4.39 Å². The Balaban J connectivity index is 1.95. The third kappa shape index (κ3) is 3.63. The number of hydrogen-bond donors (Lipinski definition) is 1. The van der Waals surface area contributed by atoms with Gasteiger partial charge in [-0.3, -0.25) is 0 Å². The van der Waals surface area contributed by atoms with Crippen molar-refractivity contribution < 1.29 is 4.39 Å². The Morgan fingerprint density at radius 2 is 2.24 bits per heavy atom. The van der Waals surface area contributed by atoms with Crippen LogP contribution < -0.4 is 5.32 Å². The maximum absolute atomic E-state index is 13.1. The molecule has 0 aliphatic rings. The molecule has 0 saturated carbocycles. The van der Waals surface area contributed by atoms with Gasteiger partial charge in [0.2, 0.25) is 0 Å². The smallest absolute Gasteiger partial charge is 0.123 e. The van der Waals surface area contributed by atoms with Crippen LogP contribution in [0.1, 0.15) is 23.4 Å². The van der Waals surface area contributed by atoms with Crippen molar-refractivity contribution in [1.29, 1.82) is 0 Å². The number of halogens is 2. The Labute approximate surface area is 113 Å². The molecule has 2 rings (SSSR count). The normalized spacial score (nSPS) is 12.6. The number of benzene rings is 1. The first kappa shape index (κ1) is 12.7. The zero-order valence-corrected chi connectivity index (χ0v) is 11.8. The molecule has 1 heterocycles. The van der Waals surface area contributed by atoms with Gasteiger partial charge in [-0.2, -0.15) is 0 Å². The van der Waals surface area contributed by atoms with Gasteiger partial charge < -0.3 is 5.32 Å². The van der Waals surface area contributed by atoms with Crippen LogP contribution in [0.5, 0.6) is 0 Å². The first-order chi connectivity index (χ1) is 8.15. The van der Waals surface area contributed by atoms with E-state index in [4.69, 9.17) is 0 Å². The highest BCUT2D eigenvalue weighted by atomic mass is 79.9. The Morgan fingerprint density at radius 1 is 1.41 bits per heavy atom. The monoisotopic (exact) mass is 313 g/mol. The van der Waals surface area contributed by atoms with Crippen LogP contribution in [-0.4, -0.2) is 0 Å². The van der Waals surface area contributed by atoms with Gasteiger partial charge in [0.05, 0.1) is 0 Å². The zero-order valence-electron chi connectivity index (χ0n) is 9.41. The summed E-state index contributed by atoms with van der Waals surface area (Å²) in [6.45, 7) is 2.84. The maximum atomic E-state index is 13.1. The van der Waals surface area contributed by atoms with Crippen molar-refractivity contribution in [2.24, 2.45) is 0 Å².